The van der Waals surface area contributed by atoms with E-state index >= 15 is 0 Å². The Bertz CT molecular complexity index is 531. The lowest BCUT2D eigenvalue weighted by atomic mass is 10.1. The van der Waals surface area contributed by atoms with Gasteiger partial charge in [0.1, 0.15) is 11.5 Å². The van der Waals surface area contributed by atoms with E-state index in [0.717, 1.165) is 5.56 Å². The van der Waals surface area contributed by atoms with Gasteiger partial charge < -0.3 is 10.5 Å². The highest BCUT2D eigenvalue weighted by Crippen LogP contribution is 2.26. The van der Waals surface area contributed by atoms with Gasteiger partial charge in [-0.25, -0.2) is 14.4 Å². The molecule has 2 rings (SSSR count). The molecule has 4 nitrogen and oxygen atoms in total. The number of aromatic nitrogens is 2. The molecule has 1 aromatic heterocycles. The molecule has 0 aliphatic heterocycles. The molecule has 0 amide bonds. The second-order valence-corrected chi connectivity index (χ2v) is 3.42. The smallest absolute Gasteiger partial charge is 0.240 e. The molecule has 0 aliphatic carbocycles. The number of methoxy groups -OCH3 is 1. The molecule has 5 heteroatoms. The molecule has 2 N–H and O–H groups in total. The average Bonchev–Trinajstić information content (AvgIpc) is 2.39. The summed E-state index contributed by atoms with van der Waals surface area (Å²) < 4.78 is 18.4. The number of nitrogens with two attached hydrogens (primary N) is 1. The summed E-state index contributed by atoms with van der Waals surface area (Å²) in [5.74, 6) is 0.0844. The van der Waals surface area contributed by atoms with Gasteiger partial charge in [0.2, 0.25) is 5.88 Å². The molecule has 0 spiro atoms. The molecule has 0 saturated carbocycles. The Kier molecular flexibility index (Phi) is 3.30. The van der Waals surface area contributed by atoms with Gasteiger partial charge in [-0.2, -0.15) is 0 Å². The summed E-state index contributed by atoms with van der Waals surface area (Å²) in [7, 11) is 1.51. The lowest BCUT2D eigenvalue weighted by Gasteiger charge is -2.07. The first-order valence-electron chi connectivity index (χ1n) is 5.10. The number of benzene rings is 1. The first kappa shape index (κ1) is 11.5. The molecule has 0 fully saturated rings. The van der Waals surface area contributed by atoms with E-state index in [9.17, 15) is 4.39 Å². The van der Waals surface area contributed by atoms with Crippen LogP contribution in [0.1, 0.15) is 5.56 Å². The fraction of sp³-hybridized carbons (Fsp3) is 0.167. The van der Waals surface area contributed by atoms with Crippen LogP contribution in [0.4, 0.5) is 4.39 Å². The van der Waals surface area contributed by atoms with Gasteiger partial charge in [-0.3, -0.25) is 0 Å². The van der Waals surface area contributed by atoms with E-state index in [1.807, 2.05) is 0 Å². The maximum atomic E-state index is 13.3. The summed E-state index contributed by atoms with van der Waals surface area (Å²) in [6, 6.07) is 4.65. The van der Waals surface area contributed by atoms with Gasteiger partial charge in [0.15, 0.2) is 0 Å². The van der Waals surface area contributed by atoms with E-state index in [1.165, 1.54) is 19.4 Å². The minimum Gasteiger partial charge on any atom is -0.479 e. The molecule has 0 unspecified atom stereocenters. The minimum atomic E-state index is -0.320. The Morgan fingerprint density at radius 2 is 2.06 bits per heavy atom. The van der Waals surface area contributed by atoms with Crippen LogP contribution in [0.25, 0.3) is 11.3 Å². The monoisotopic (exact) mass is 233 g/mol. The lowest BCUT2D eigenvalue weighted by Crippen LogP contribution is -2.01. The van der Waals surface area contributed by atoms with Crippen molar-refractivity contribution in [2.45, 2.75) is 6.54 Å². The molecule has 0 atom stereocenters. The van der Waals surface area contributed by atoms with Crippen molar-refractivity contribution in [2.24, 2.45) is 5.73 Å². The number of halogens is 1. The van der Waals surface area contributed by atoms with Crippen LogP contribution in [-0.4, -0.2) is 17.1 Å². The van der Waals surface area contributed by atoms with Crippen LogP contribution in [0.2, 0.25) is 0 Å². The highest BCUT2D eigenvalue weighted by molar-refractivity contribution is 5.64. The third-order valence-corrected chi connectivity index (χ3v) is 2.40. The molecule has 0 saturated heterocycles. The molecular weight excluding hydrogens is 221 g/mol. The zero-order chi connectivity index (χ0) is 12.3. The van der Waals surface area contributed by atoms with E-state index in [0.29, 0.717) is 17.1 Å². The van der Waals surface area contributed by atoms with Crippen LogP contribution >= 0.6 is 0 Å². The topological polar surface area (TPSA) is 61.0 Å². The molecule has 17 heavy (non-hydrogen) atoms. The van der Waals surface area contributed by atoms with Crippen LogP contribution in [0, 0.1) is 5.82 Å². The zero-order valence-electron chi connectivity index (χ0n) is 9.35. The number of nitrogens with zero attached hydrogens (tertiary/aromatic N) is 2. The summed E-state index contributed by atoms with van der Waals surface area (Å²) in [6.07, 6.45) is 3.10. The second kappa shape index (κ2) is 4.88. The lowest BCUT2D eigenvalue weighted by molar-refractivity contribution is 0.397. The van der Waals surface area contributed by atoms with Crippen molar-refractivity contribution in [1.82, 2.24) is 9.97 Å². The molecule has 0 radical (unpaired) electrons. The predicted molar refractivity (Wildman–Crippen MR) is 61.9 cm³/mol. The van der Waals surface area contributed by atoms with Crippen molar-refractivity contribution in [3.05, 3.63) is 42.0 Å². The molecule has 2 aromatic rings. The van der Waals surface area contributed by atoms with Gasteiger partial charge >= 0.3 is 0 Å². The third kappa shape index (κ3) is 2.24. The van der Waals surface area contributed by atoms with Gasteiger partial charge in [0.25, 0.3) is 0 Å². The van der Waals surface area contributed by atoms with E-state index in [-0.39, 0.29) is 12.4 Å². The van der Waals surface area contributed by atoms with Crippen LogP contribution in [0.15, 0.2) is 30.6 Å². The van der Waals surface area contributed by atoms with E-state index in [4.69, 9.17) is 10.5 Å². The quantitative estimate of drug-likeness (QED) is 0.877. The van der Waals surface area contributed by atoms with Gasteiger partial charge in [0, 0.05) is 30.1 Å². The SMILES string of the molecule is COc1nccnc1-c1ccc(F)c(CN)c1. The molecule has 1 aromatic carbocycles. The molecular formula is C12H12FN3O. The molecule has 0 aliphatic rings. The molecule has 88 valence electrons. The summed E-state index contributed by atoms with van der Waals surface area (Å²) in [6.45, 7) is 0.141. The van der Waals surface area contributed by atoms with Crippen molar-refractivity contribution >= 4 is 0 Å². The van der Waals surface area contributed by atoms with Crippen molar-refractivity contribution in [3.63, 3.8) is 0 Å². The fourth-order valence-corrected chi connectivity index (χ4v) is 1.55. The number of hydrogen-bond acceptors (Lipinski definition) is 4. The van der Waals surface area contributed by atoms with Crippen molar-refractivity contribution in [3.8, 4) is 17.1 Å². The summed E-state index contributed by atoms with van der Waals surface area (Å²) in [5, 5.41) is 0. The van der Waals surface area contributed by atoms with Crippen molar-refractivity contribution < 1.29 is 9.13 Å². The number of ether oxygens (including phenoxy) is 1. The van der Waals surface area contributed by atoms with Crippen molar-refractivity contribution in [2.75, 3.05) is 7.11 Å². The predicted octanol–water partition coefficient (Wildman–Crippen LogP) is 1.75. The largest absolute Gasteiger partial charge is 0.479 e. The normalized spacial score (nSPS) is 10.3. The maximum absolute atomic E-state index is 13.3. The average molecular weight is 233 g/mol. The highest BCUT2D eigenvalue weighted by atomic mass is 19.1. The first-order valence-corrected chi connectivity index (χ1v) is 5.10. The van der Waals surface area contributed by atoms with Crippen LogP contribution in [0.3, 0.4) is 0 Å². The Morgan fingerprint density at radius 3 is 2.76 bits per heavy atom. The van der Waals surface area contributed by atoms with Gasteiger partial charge in [-0.05, 0) is 18.2 Å². The standard InChI is InChI=1S/C12H12FN3O/c1-17-12-11(15-4-5-16-12)8-2-3-10(13)9(6-8)7-14/h2-6H,7,14H2,1H3. The summed E-state index contributed by atoms with van der Waals surface area (Å²) >= 11 is 0. The van der Waals surface area contributed by atoms with E-state index < -0.39 is 0 Å². The van der Waals surface area contributed by atoms with Crippen LogP contribution in [-0.2, 0) is 6.54 Å². The van der Waals surface area contributed by atoms with Gasteiger partial charge in [-0.15, -0.1) is 0 Å². The summed E-state index contributed by atoms with van der Waals surface area (Å²) in [5.41, 5.74) is 7.21. The van der Waals surface area contributed by atoms with Gasteiger partial charge in [-0.1, -0.05) is 0 Å². The Morgan fingerprint density at radius 1 is 1.29 bits per heavy atom. The van der Waals surface area contributed by atoms with Crippen LogP contribution in [0.5, 0.6) is 5.88 Å². The molecule has 1 heterocycles. The van der Waals surface area contributed by atoms with E-state index in [2.05, 4.69) is 9.97 Å². The Labute approximate surface area is 98.3 Å². The third-order valence-electron chi connectivity index (χ3n) is 2.40. The summed E-state index contributed by atoms with van der Waals surface area (Å²) in [4.78, 5) is 8.22. The number of hydrogen-bond donors (Lipinski definition) is 1. The van der Waals surface area contributed by atoms with E-state index in [1.54, 1.807) is 18.3 Å². The zero-order valence-corrected chi connectivity index (χ0v) is 9.35. The number of rotatable bonds is 3. The highest BCUT2D eigenvalue weighted by Gasteiger charge is 2.10. The first-order chi connectivity index (χ1) is 8.26. The van der Waals surface area contributed by atoms with Crippen LogP contribution < -0.4 is 10.5 Å². The minimum absolute atomic E-state index is 0.141. The maximum Gasteiger partial charge on any atom is 0.240 e. The second-order valence-electron chi connectivity index (χ2n) is 3.42. The molecule has 0 bridgehead atoms. The van der Waals surface area contributed by atoms with Gasteiger partial charge in [0.05, 0.1) is 7.11 Å². The Balaban J connectivity index is 2.53. The van der Waals surface area contributed by atoms with Crippen molar-refractivity contribution in [1.29, 1.82) is 0 Å². The fourth-order valence-electron chi connectivity index (χ4n) is 1.55. The Hall–Kier alpha value is -2.01.